The summed E-state index contributed by atoms with van der Waals surface area (Å²) in [6.45, 7) is 3.62. The number of carbonyl (C=O) groups is 2. The number of nitrogens with one attached hydrogen (secondary N) is 2. The summed E-state index contributed by atoms with van der Waals surface area (Å²) >= 11 is 0. The molecular formula is C16H20N2O5. The molecule has 23 heavy (non-hydrogen) atoms. The number of hydrogen-bond acceptors (Lipinski definition) is 5. The first kappa shape index (κ1) is 16.7. The summed E-state index contributed by atoms with van der Waals surface area (Å²) in [6.07, 6.45) is 0. The van der Waals surface area contributed by atoms with E-state index in [4.69, 9.17) is 14.2 Å². The first-order chi connectivity index (χ1) is 11.0. The highest BCUT2D eigenvalue weighted by Gasteiger charge is 2.34. The highest BCUT2D eigenvalue weighted by atomic mass is 16.5. The lowest BCUT2D eigenvalue weighted by atomic mass is 9.94. The van der Waals surface area contributed by atoms with Gasteiger partial charge in [-0.2, -0.15) is 0 Å². The molecule has 124 valence electrons. The molecular weight excluding hydrogens is 300 g/mol. The number of carbonyl (C=O) groups excluding carboxylic acids is 2. The number of amides is 2. The van der Waals surface area contributed by atoms with Crippen molar-refractivity contribution in [2.45, 2.75) is 19.9 Å². The molecule has 0 saturated heterocycles. The predicted molar refractivity (Wildman–Crippen MR) is 83.3 cm³/mol. The van der Waals surface area contributed by atoms with Crippen molar-refractivity contribution in [3.8, 4) is 11.5 Å². The van der Waals surface area contributed by atoms with E-state index >= 15 is 0 Å². The molecule has 1 atom stereocenters. The zero-order chi connectivity index (χ0) is 17.0. The van der Waals surface area contributed by atoms with E-state index < -0.39 is 18.0 Å². The molecule has 0 saturated carbocycles. The van der Waals surface area contributed by atoms with Gasteiger partial charge in [-0.15, -0.1) is 0 Å². The topological polar surface area (TPSA) is 85.9 Å². The Balaban J connectivity index is 2.56. The van der Waals surface area contributed by atoms with Crippen LogP contribution in [-0.4, -0.2) is 32.8 Å². The van der Waals surface area contributed by atoms with Crippen molar-refractivity contribution in [2.24, 2.45) is 0 Å². The Bertz CT molecular complexity index is 654. The summed E-state index contributed by atoms with van der Waals surface area (Å²) in [5.41, 5.74) is 1.39. The number of urea groups is 1. The maximum atomic E-state index is 12.3. The van der Waals surface area contributed by atoms with Gasteiger partial charge in [-0.25, -0.2) is 9.59 Å². The number of ether oxygens (including phenoxy) is 3. The second kappa shape index (κ2) is 7.04. The van der Waals surface area contributed by atoms with Crippen LogP contribution < -0.4 is 20.1 Å². The second-order valence-electron chi connectivity index (χ2n) is 4.90. The van der Waals surface area contributed by atoms with Gasteiger partial charge in [0.1, 0.15) is 11.5 Å². The van der Waals surface area contributed by atoms with Gasteiger partial charge in [-0.05, 0) is 32.0 Å². The first-order valence-electron chi connectivity index (χ1n) is 7.19. The van der Waals surface area contributed by atoms with Gasteiger partial charge >= 0.3 is 12.0 Å². The summed E-state index contributed by atoms with van der Waals surface area (Å²) in [6, 6.07) is 4.10. The molecule has 0 aromatic heterocycles. The summed E-state index contributed by atoms with van der Waals surface area (Å²) in [7, 11) is 3.06. The largest absolute Gasteiger partial charge is 0.497 e. The Morgan fingerprint density at radius 3 is 2.61 bits per heavy atom. The normalized spacial score (nSPS) is 17.2. The Morgan fingerprint density at radius 2 is 2.00 bits per heavy atom. The van der Waals surface area contributed by atoms with Crippen molar-refractivity contribution >= 4 is 12.0 Å². The number of methoxy groups -OCH3 is 2. The fraction of sp³-hybridized carbons (Fsp3) is 0.375. The van der Waals surface area contributed by atoms with Gasteiger partial charge in [-0.3, -0.25) is 0 Å². The van der Waals surface area contributed by atoms with Gasteiger partial charge in [0.05, 0.1) is 32.4 Å². The van der Waals surface area contributed by atoms with Crippen molar-refractivity contribution in [3.05, 3.63) is 35.0 Å². The molecule has 7 nitrogen and oxygen atoms in total. The molecule has 1 unspecified atom stereocenters. The van der Waals surface area contributed by atoms with Gasteiger partial charge in [0.25, 0.3) is 0 Å². The lowest BCUT2D eigenvalue weighted by Crippen LogP contribution is -2.45. The van der Waals surface area contributed by atoms with E-state index in [0.717, 1.165) is 0 Å². The summed E-state index contributed by atoms with van der Waals surface area (Å²) in [4.78, 5) is 24.2. The van der Waals surface area contributed by atoms with Gasteiger partial charge in [0, 0.05) is 11.3 Å². The molecule has 0 bridgehead atoms. The van der Waals surface area contributed by atoms with Crippen LogP contribution in [0.4, 0.5) is 4.79 Å². The maximum absolute atomic E-state index is 12.3. The molecule has 1 heterocycles. The fourth-order valence-corrected chi connectivity index (χ4v) is 2.47. The molecule has 2 N–H and O–H groups in total. The van der Waals surface area contributed by atoms with Crippen LogP contribution in [0.1, 0.15) is 25.5 Å². The highest BCUT2D eigenvalue weighted by molar-refractivity contribution is 5.95. The molecule has 1 aliphatic rings. The zero-order valence-corrected chi connectivity index (χ0v) is 13.6. The van der Waals surface area contributed by atoms with E-state index in [2.05, 4.69) is 10.6 Å². The number of rotatable bonds is 5. The van der Waals surface area contributed by atoms with Crippen LogP contribution in [0.3, 0.4) is 0 Å². The molecule has 0 fully saturated rings. The second-order valence-corrected chi connectivity index (χ2v) is 4.90. The van der Waals surface area contributed by atoms with Crippen molar-refractivity contribution in [2.75, 3.05) is 20.8 Å². The average Bonchev–Trinajstić information content (AvgIpc) is 2.53. The molecule has 0 radical (unpaired) electrons. The molecule has 2 amide bonds. The molecule has 1 aliphatic heterocycles. The van der Waals surface area contributed by atoms with Crippen molar-refractivity contribution in [3.63, 3.8) is 0 Å². The van der Waals surface area contributed by atoms with E-state index in [-0.39, 0.29) is 6.61 Å². The van der Waals surface area contributed by atoms with E-state index in [1.165, 1.54) is 7.11 Å². The average molecular weight is 320 g/mol. The van der Waals surface area contributed by atoms with E-state index in [0.29, 0.717) is 28.3 Å². The minimum absolute atomic E-state index is 0.242. The van der Waals surface area contributed by atoms with Crippen LogP contribution in [-0.2, 0) is 9.53 Å². The van der Waals surface area contributed by atoms with E-state index in [9.17, 15) is 9.59 Å². The zero-order valence-electron chi connectivity index (χ0n) is 13.6. The van der Waals surface area contributed by atoms with E-state index in [1.807, 2.05) is 0 Å². The molecule has 7 heteroatoms. The Morgan fingerprint density at radius 1 is 1.26 bits per heavy atom. The number of allylic oxidation sites excluding steroid dienone is 1. The monoisotopic (exact) mass is 320 g/mol. The van der Waals surface area contributed by atoms with Gasteiger partial charge in [0.2, 0.25) is 0 Å². The summed E-state index contributed by atoms with van der Waals surface area (Å²) < 4.78 is 15.7. The van der Waals surface area contributed by atoms with Gasteiger partial charge < -0.3 is 24.8 Å². The third-order valence-electron chi connectivity index (χ3n) is 3.51. The number of esters is 1. The smallest absolute Gasteiger partial charge is 0.338 e. The summed E-state index contributed by atoms with van der Waals surface area (Å²) in [5.74, 6) is 0.634. The minimum Gasteiger partial charge on any atom is -0.497 e. The summed E-state index contributed by atoms with van der Waals surface area (Å²) in [5, 5.41) is 5.33. The van der Waals surface area contributed by atoms with Crippen LogP contribution >= 0.6 is 0 Å². The number of benzene rings is 1. The predicted octanol–water partition coefficient (Wildman–Crippen LogP) is 1.89. The quantitative estimate of drug-likeness (QED) is 0.809. The lowest BCUT2D eigenvalue weighted by molar-refractivity contribution is -0.139. The maximum Gasteiger partial charge on any atom is 0.338 e. The Hall–Kier alpha value is -2.70. The fourth-order valence-electron chi connectivity index (χ4n) is 2.47. The first-order valence-corrected chi connectivity index (χ1v) is 7.19. The van der Waals surface area contributed by atoms with Crippen LogP contribution in [0.25, 0.3) is 0 Å². The number of hydrogen-bond donors (Lipinski definition) is 2. The molecule has 1 aromatic rings. The SMILES string of the molecule is CCOC(=O)C1=C(C)NC(=O)NC1c1cc(OC)ccc1OC. The standard InChI is InChI=1S/C16H20N2O5/c1-5-23-15(19)13-9(2)17-16(20)18-14(13)11-8-10(21-3)6-7-12(11)22-4/h6-8,14H,5H2,1-4H3,(H2,17,18,20). The van der Waals surface area contributed by atoms with Crippen molar-refractivity contribution < 1.29 is 23.8 Å². The van der Waals surface area contributed by atoms with Crippen molar-refractivity contribution in [1.82, 2.24) is 10.6 Å². The third-order valence-corrected chi connectivity index (χ3v) is 3.51. The van der Waals surface area contributed by atoms with Crippen LogP contribution in [0.2, 0.25) is 0 Å². The lowest BCUT2D eigenvalue weighted by Gasteiger charge is -2.29. The van der Waals surface area contributed by atoms with Crippen LogP contribution in [0, 0.1) is 0 Å². The molecule has 0 aliphatic carbocycles. The molecule has 2 rings (SSSR count). The minimum atomic E-state index is -0.687. The Kier molecular flexibility index (Phi) is 5.10. The molecule has 0 spiro atoms. The third kappa shape index (κ3) is 3.39. The van der Waals surface area contributed by atoms with Crippen molar-refractivity contribution in [1.29, 1.82) is 0 Å². The molecule has 1 aromatic carbocycles. The Labute approximate surface area is 134 Å². The van der Waals surface area contributed by atoms with Crippen LogP contribution in [0.5, 0.6) is 11.5 Å². The van der Waals surface area contributed by atoms with Gasteiger partial charge in [0.15, 0.2) is 0 Å². The van der Waals surface area contributed by atoms with Crippen LogP contribution in [0.15, 0.2) is 29.5 Å². The van der Waals surface area contributed by atoms with Gasteiger partial charge in [-0.1, -0.05) is 0 Å². The van der Waals surface area contributed by atoms with E-state index in [1.54, 1.807) is 39.2 Å². The highest BCUT2D eigenvalue weighted by Crippen LogP contribution is 2.35.